The lowest BCUT2D eigenvalue weighted by molar-refractivity contribution is -0.141. The standard InChI is InChI=1S/C23H24N2O4/c1-28-23(27)8-5-16-25(18-20-6-3-2-4-7-20)22(26)14-11-19-9-12-21(13-10-19)29-17-15-24/h2-4,6-7,9-14H,5,8,16-18H2,1H3/b14-11+. The van der Waals surface area contributed by atoms with Gasteiger partial charge >= 0.3 is 5.97 Å². The zero-order valence-corrected chi connectivity index (χ0v) is 16.4. The fourth-order valence-corrected chi connectivity index (χ4v) is 2.65. The van der Waals surface area contributed by atoms with Crippen molar-refractivity contribution in [1.82, 2.24) is 4.90 Å². The van der Waals surface area contributed by atoms with Crippen LogP contribution in [-0.4, -0.2) is 37.0 Å². The number of hydrogen-bond donors (Lipinski definition) is 0. The van der Waals surface area contributed by atoms with Crippen molar-refractivity contribution in [3.8, 4) is 11.8 Å². The van der Waals surface area contributed by atoms with E-state index in [4.69, 9.17) is 10.00 Å². The highest BCUT2D eigenvalue weighted by atomic mass is 16.5. The summed E-state index contributed by atoms with van der Waals surface area (Å²) >= 11 is 0. The van der Waals surface area contributed by atoms with Gasteiger partial charge in [0.2, 0.25) is 5.91 Å². The molecule has 0 aliphatic carbocycles. The second kappa shape index (κ2) is 12.0. The highest BCUT2D eigenvalue weighted by Crippen LogP contribution is 2.14. The lowest BCUT2D eigenvalue weighted by atomic mass is 10.1. The van der Waals surface area contributed by atoms with Crippen LogP contribution in [0.15, 0.2) is 60.7 Å². The van der Waals surface area contributed by atoms with E-state index >= 15 is 0 Å². The molecule has 6 heteroatoms. The molecule has 0 aliphatic rings. The number of nitrogens with zero attached hydrogens (tertiary/aromatic N) is 2. The Morgan fingerprint density at radius 2 is 1.83 bits per heavy atom. The van der Waals surface area contributed by atoms with Gasteiger partial charge in [-0.2, -0.15) is 5.26 Å². The molecule has 2 aromatic rings. The minimum Gasteiger partial charge on any atom is -0.479 e. The van der Waals surface area contributed by atoms with Crippen molar-refractivity contribution >= 4 is 18.0 Å². The molecule has 29 heavy (non-hydrogen) atoms. The van der Waals surface area contributed by atoms with Crippen molar-refractivity contribution in [2.45, 2.75) is 19.4 Å². The van der Waals surface area contributed by atoms with E-state index in [-0.39, 0.29) is 24.9 Å². The van der Waals surface area contributed by atoms with Crippen LogP contribution in [0.5, 0.6) is 5.75 Å². The number of ether oxygens (including phenoxy) is 2. The van der Waals surface area contributed by atoms with E-state index in [9.17, 15) is 9.59 Å². The minimum atomic E-state index is -0.286. The molecule has 1 amide bonds. The number of benzene rings is 2. The topological polar surface area (TPSA) is 79.6 Å². The first kappa shape index (κ1) is 21.7. The van der Waals surface area contributed by atoms with Gasteiger partial charge in [0.05, 0.1) is 7.11 Å². The van der Waals surface area contributed by atoms with Crippen molar-refractivity contribution < 1.29 is 19.1 Å². The first-order chi connectivity index (χ1) is 14.1. The van der Waals surface area contributed by atoms with E-state index in [1.807, 2.05) is 48.5 Å². The van der Waals surface area contributed by atoms with Crippen LogP contribution < -0.4 is 4.74 Å². The van der Waals surface area contributed by atoms with Gasteiger partial charge in [-0.05, 0) is 35.8 Å². The molecule has 0 radical (unpaired) electrons. The number of methoxy groups -OCH3 is 1. The molecular weight excluding hydrogens is 368 g/mol. The summed E-state index contributed by atoms with van der Waals surface area (Å²) in [4.78, 5) is 25.8. The van der Waals surface area contributed by atoms with E-state index in [1.165, 1.54) is 13.2 Å². The fraction of sp³-hybridized carbons (Fsp3) is 0.261. The zero-order chi connectivity index (χ0) is 20.9. The highest BCUT2D eigenvalue weighted by Gasteiger charge is 2.12. The van der Waals surface area contributed by atoms with E-state index in [1.54, 1.807) is 23.1 Å². The van der Waals surface area contributed by atoms with Gasteiger partial charge in [-0.15, -0.1) is 0 Å². The third-order valence-electron chi connectivity index (χ3n) is 4.17. The molecule has 0 atom stereocenters. The van der Waals surface area contributed by atoms with Crippen molar-refractivity contribution in [2.75, 3.05) is 20.3 Å². The molecule has 0 spiro atoms. The Hall–Kier alpha value is -3.59. The Labute approximate surface area is 171 Å². The van der Waals surface area contributed by atoms with Crippen LogP contribution in [0, 0.1) is 11.3 Å². The number of rotatable bonds is 10. The van der Waals surface area contributed by atoms with E-state index in [0.717, 1.165) is 11.1 Å². The monoisotopic (exact) mass is 392 g/mol. The predicted octanol–water partition coefficient (Wildman–Crippen LogP) is 3.58. The van der Waals surface area contributed by atoms with Crippen LogP contribution in [0.4, 0.5) is 0 Å². The van der Waals surface area contributed by atoms with Gasteiger partial charge in [-0.3, -0.25) is 9.59 Å². The predicted molar refractivity (Wildman–Crippen MR) is 110 cm³/mol. The summed E-state index contributed by atoms with van der Waals surface area (Å²) in [6, 6.07) is 18.8. The molecule has 2 aromatic carbocycles. The molecule has 0 unspecified atom stereocenters. The Bertz CT molecular complexity index is 855. The molecule has 0 heterocycles. The maximum atomic E-state index is 12.7. The summed E-state index contributed by atoms with van der Waals surface area (Å²) in [5, 5.41) is 8.54. The summed E-state index contributed by atoms with van der Waals surface area (Å²) in [6.07, 6.45) is 4.05. The Kier molecular flexibility index (Phi) is 8.97. The molecule has 0 N–H and O–H groups in total. The Morgan fingerprint density at radius 1 is 1.10 bits per heavy atom. The normalized spacial score (nSPS) is 10.3. The maximum Gasteiger partial charge on any atom is 0.305 e. The van der Waals surface area contributed by atoms with Gasteiger partial charge in [0, 0.05) is 25.6 Å². The number of amides is 1. The first-order valence-corrected chi connectivity index (χ1v) is 9.30. The number of esters is 1. The van der Waals surface area contributed by atoms with Gasteiger partial charge in [0.1, 0.15) is 11.8 Å². The largest absolute Gasteiger partial charge is 0.479 e. The highest BCUT2D eigenvalue weighted by molar-refractivity contribution is 5.91. The van der Waals surface area contributed by atoms with Crippen molar-refractivity contribution in [3.05, 3.63) is 71.8 Å². The van der Waals surface area contributed by atoms with Crippen molar-refractivity contribution in [3.63, 3.8) is 0 Å². The van der Waals surface area contributed by atoms with Gasteiger partial charge in [-0.25, -0.2) is 0 Å². The number of hydrogen-bond acceptors (Lipinski definition) is 5. The molecule has 0 saturated heterocycles. The van der Waals surface area contributed by atoms with Crippen LogP contribution in [0.2, 0.25) is 0 Å². The molecule has 0 fully saturated rings. The number of carbonyl (C=O) groups excluding carboxylic acids is 2. The third kappa shape index (κ3) is 7.89. The smallest absolute Gasteiger partial charge is 0.305 e. The van der Waals surface area contributed by atoms with Gasteiger partial charge in [-0.1, -0.05) is 42.5 Å². The Balaban J connectivity index is 2.01. The van der Waals surface area contributed by atoms with E-state index in [2.05, 4.69) is 4.74 Å². The summed E-state index contributed by atoms with van der Waals surface area (Å²) in [6.45, 7) is 0.911. The van der Waals surface area contributed by atoms with Crippen molar-refractivity contribution in [2.24, 2.45) is 0 Å². The SMILES string of the molecule is COC(=O)CCCN(Cc1ccccc1)C(=O)/C=C/c1ccc(OCC#N)cc1. The zero-order valence-electron chi connectivity index (χ0n) is 16.4. The lowest BCUT2D eigenvalue weighted by Gasteiger charge is -2.21. The van der Waals surface area contributed by atoms with Gasteiger partial charge in [0.15, 0.2) is 6.61 Å². The average molecular weight is 392 g/mol. The molecular formula is C23H24N2O4. The molecule has 2 rings (SSSR count). The number of nitriles is 1. The minimum absolute atomic E-state index is 0.00626. The van der Waals surface area contributed by atoms with Gasteiger partial charge < -0.3 is 14.4 Å². The second-order valence-corrected chi connectivity index (χ2v) is 6.27. The lowest BCUT2D eigenvalue weighted by Crippen LogP contribution is -2.30. The summed E-state index contributed by atoms with van der Waals surface area (Å²) < 4.78 is 9.88. The third-order valence-corrected chi connectivity index (χ3v) is 4.17. The Morgan fingerprint density at radius 3 is 2.48 bits per heavy atom. The molecule has 0 saturated carbocycles. The van der Waals surface area contributed by atoms with Crippen LogP contribution in [0.3, 0.4) is 0 Å². The van der Waals surface area contributed by atoms with E-state index < -0.39 is 0 Å². The quantitative estimate of drug-likeness (QED) is 0.456. The molecule has 0 bridgehead atoms. The molecule has 0 aromatic heterocycles. The summed E-state index contributed by atoms with van der Waals surface area (Å²) in [5.74, 6) is 0.179. The molecule has 6 nitrogen and oxygen atoms in total. The van der Waals surface area contributed by atoms with Crippen LogP contribution in [0.1, 0.15) is 24.0 Å². The number of carbonyl (C=O) groups is 2. The maximum absolute atomic E-state index is 12.7. The van der Waals surface area contributed by atoms with Crippen LogP contribution in [0.25, 0.3) is 6.08 Å². The molecule has 0 aliphatic heterocycles. The van der Waals surface area contributed by atoms with Crippen molar-refractivity contribution in [1.29, 1.82) is 5.26 Å². The van der Waals surface area contributed by atoms with Crippen LogP contribution in [-0.2, 0) is 20.9 Å². The fourth-order valence-electron chi connectivity index (χ4n) is 2.65. The first-order valence-electron chi connectivity index (χ1n) is 9.30. The summed E-state index contributed by atoms with van der Waals surface area (Å²) in [7, 11) is 1.36. The second-order valence-electron chi connectivity index (χ2n) is 6.27. The van der Waals surface area contributed by atoms with Gasteiger partial charge in [0.25, 0.3) is 0 Å². The van der Waals surface area contributed by atoms with Crippen LogP contribution >= 0.6 is 0 Å². The summed E-state index contributed by atoms with van der Waals surface area (Å²) in [5.41, 5.74) is 1.86. The molecule has 150 valence electrons. The average Bonchev–Trinajstić information content (AvgIpc) is 2.76. The van der Waals surface area contributed by atoms with E-state index in [0.29, 0.717) is 25.3 Å².